The molecule has 0 amide bonds. The van der Waals surface area contributed by atoms with Gasteiger partial charge in [-0.05, 0) is 0 Å². The Morgan fingerprint density at radius 2 is 0.321 bits per heavy atom. The van der Waals surface area contributed by atoms with E-state index >= 15 is 0 Å². The van der Waals surface area contributed by atoms with Gasteiger partial charge in [-0.25, -0.2) is 0 Å². The van der Waals surface area contributed by atoms with Crippen LogP contribution in [0.15, 0.2) is 0 Å². The summed E-state index contributed by atoms with van der Waals surface area (Å²) < 4.78 is 75.0. The van der Waals surface area contributed by atoms with Gasteiger partial charge < -0.3 is 0 Å². The molecule has 0 aromatic heterocycles. The third-order valence-electron chi connectivity index (χ3n) is 1.00. The van der Waals surface area contributed by atoms with Crippen LogP contribution in [0.3, 0.4) is 0 Å². The predicted octanol–water partition coefficient (Wildman–Crippen LogP) is 1.47. The molecule has 10 nitrogen and oxygen atoms in total. The fourth-order valence-corrected chi connectivity index (χ4v) is 0. The molecule has 0 heterocycles. The topological polar surface area (TPSA) is 199 Å². The molecule has 0 aliphatic rings. The van der Waals surface area contributed by atoms with Crippen LogP contribution < -0.4 is 0 Å². The summed E-state index contributed by atoms with van der Waals surface area (Å²) >= 11 is 0. The standard InChI is InChI=1S/C4H14P2.10CO.2Mo/c1-5(2)6(3)4;10*1-2;;/h5-6H,1-4H3;;;;;;;;;;;;/q+2;;;;;;;;;;;;. The average Bonchev–Trinajstić information content (AvgIpc) is 2.82. The second-order valence-corrected chi connectivity index (χ2v) is 12.0. The Morgan fingerprint density at radius 1 is 0.286 bits per heavy atom. The zero-order chi connectivity index (χ0) is 25.2. The molecule has 0 spiro atoms. The maximum atomic E-state index is 7.50. The molecule has 0 N–H and O–H groups in total. The number of rotatable bonds is 1. The second-order valence-electron chi connectivity index (χ2n) is 2.00. The normalized spacial score (nSPS) is 3.07. The van der Waals surface area contributed by atoms with Gasteiger partial charge in [-0.3, -0.25) is 0 Å². The SMILES string of the molecule is C[PH+](C)[PH+](C)C.[C-]#[O+].[C-]#[O+].[C-]#[O+].[C-]#[O+].[C-]#[O+].[C-]#[O+].[C-]#[O+].[C-]#[O+].[C-]#[O+].[C-]#[O+].[Mo].[Mo]. The van der Waals surface area contributed by atoms with E-state index in [4.69, 9.17) is 46.5 Å². The van der Waals surface area contributed by atoms with E-state index in [1.54, 1.807) is 0 Å². The zero-order valence-electron chi connectivity index (χ0n) is 14.9. The molecule has 150 valence electrons. The first-order chi connectivity index (χ1) is 12.6. The van der Waals surface area contributed by atoms with Crippen molar-refractivity contribution >= 4 is 15.2 Å². The molecule has 0 bridgehead atoms. The molecule has 0 fully saturated rings. The van der Waals surface area contributed by atoms with Crippen LogP contribution in [-0.2, 0) is 88.7 Å². The van der Waals surface area contributed by atoms with E-state index in [9.17, 15) is 0 Å². The van der Waals surface area contributed by atoms with Crippen molar-refractivity contribution in [3.8, 4) is 0 Å². The fourth-order valence-electron chi connectivity index (χ4n) is 0. The van der Waals surface area contributed by atoms with Crippen LogP contribution in [0.25, 0.3) is 0 Å². The fraction of sp³-hybridized carbons (Fsp3) is 0.286. The van der Waals surface area contributed by atoms with E-state index in [1.807, 2.05) is 0 Å². The summed E-state index contributed by atoms with van der Waals surface area (Å²) in [5, 5.41) is 0. The first kappa shape index (κ1) is 91.5. The Balaban J connectivity index is -0.00000000834. The molecule has 0 atom stereocenters. The Kier molecular flexibility index (Phi) is 1800. The first-order valence-corrected chi connectivity index (χ1v) is 10.3. The number of hydrogen-bond acceptors (Lipinski definition) is 0. The summed E-state index contributed by atoms with van der Waals surface area (Å²) in [4.78, 5) is 0. The molecule has 28 heavy (non-hydrogen) atoms. The van der Waals surface area contributed by atoms with Gasteiger partial charge in [0.2, 0.25) is 0 Å². The molecule has 0 rings (SSSR count). The minimum Gasteiger partial charge on any atom is 0 e. The van der Waals surface area contributed by atoms with Gasteiger partial charge in [0, 0.05) is 42.1 Å². The Hall–Kier alpha value is -0.363. The molecule has 0 saturated heterocycles. The largest absolute Gasteiger partial charge is 0 e. The average molecular weight is 596 g/mol. The van der Waals surface area contributed by atoms with E-state index in [2.05, 4.69) is 93.2 Å². The van der Waals surface area contributed by atoms with Crippen molar-refractivity contribution in [2.24, 2.45) is 0 Å². The smallest absolute Gasteiger partial charge is 0 e. The van der Waals surface area contributed by atoms with Gasteiger partial charge in [0.1, 0.15) is 15.2 Å². The van der Waals surface area contributed by atoms with Crippen LogP contribution in [-0.4, -0.2) is 26.7 Å². The van der Waals surface area contributed by atoms with Gasteiger partial charge >= 0.3 is 113 Å². The summed E-state index contributed by atoms with van der Waals surface area (Å²) in [5.74, 6) is 0. The van der Waals surface area contributed by atoms with E-state index < -0.39 is 0 Å². The minimum atomic E-state index is 0. The second kappa shape index (κ2) is 551. The monoisotopic (exact) mass is 600 g/mol. The summed E-state index contributed by atoms with van der Waals surface area (Å²) in [7, 11) is 0.300. The Morgan fingerprint density at radius 3 is 0.321 bits per heavy atom. The van der Waals surface area contributed by atoms with E-state index in [0.29, 0.717) is 0 Å². The van der Waals surface area contributed by atoms with Crippen LogP contribution in [0.4, 0.5) is 0 Å². The van der Waals surface area contributed by atoms with Crippen LogP contribution >= 0.6 is 15.2 Å². The van der Waals surface area contributed by atoms with Crippen molar-refractivity contribution in [1.82, 2.24) is 0 Å². The molecule has 0 aliphatic carbocycles. The van der Waals surface area contributed by atoms with Gasteiger partial charge in [0.05, 0.1) is 26.7 Å². The third kappa shape index (κ3) is 1180. The first-order valence-electron chi connectivity index (χ1n) is 4.29. The van der Waals surface area contributed by atoms with E-state index in [-0.39, 0.29) is 57.4 Å². The van der Waals surface area contributed by atoms with Crippen LogP contribution in [0.1, 0.15) is 0 Å². The van der Waals surface area contributed by atoms with Gasteiger partial charge in [-0.15, -0.1) is 0 Å². The molecule has 0 saturated carbocycles. The van der Waals surface area contributed by atoms with Crippen LogP contribution in [0, 0.1) is 66.5 Å². The predicted molar refractivity (Wildman–Crippen MR) is 79.6 cm³/mol. The molecule has 14 heteroatoms. The van der Waals surface area contributed by atoms with E-state index in [1.165, 1.54) is 0 Å². The van der Waals surface area contributed by atoms with Gasteiger partial charge in [-0.1, -0.05) is 0 Å². The van der Waals surface area contributed by atoms with Crippen molar-refractivity contribution in [3.05, 3.63) is 66.5 Å². The minimum absolute atomic E-state index is 0. The Labute approximate surface area is 196 Å². The molecule has 0 radical (unpaired) electrons. The van der Waals surface area contributed by atoms with E-state index in [0.717, 1.165) is 0 Å². The van der Waals surface area contributed by atoms with Crippen molar-refractivity contribution < 1.29 is 88.7 Å². The van der Waals surface area contributed by atoms with Gasteiger partial charge in [-0.2, -0.15) is 0 Å². The summed E-state index contributed by atoms with van der Waals surface area (Å²) in [6.45, 7) is 54.6. The van der Waals surface area contributed by atoms with Gasteiger partial charge in [0.25, 0.3) is 0 Å². The third-order valence-corrected chi connectivity index (χ3v) is 9.00. The van der Waals surface area contributed by atoms with Crippen molar-refractivity contribution in [3.63, 3.8) is 0 Å². The molecular weight excluding hydrogens is 582 g/mol. The molecule has 0 aliphatic heterocycles. The maximum Gasteiger partial charge on any atom is 0 e. The van der Waals surface area contributed by atoms with Crippen LogP contribution in [0.2, 0.25) is 0 Å². The molecule has 0 unspecified atom stereocenters. The summed E-state index contributed by atoms with van der Waals surface area (Å²) in [5.41, 5.74) is 0. The summed E-state index contributed by atoms with van der Waals surface area (Å²) in [6, 6.07) is 0. The van der Waals surface area contributed by atoms with Crippen molar-refractivity contribution in [1.29, 1.82) is 0 Å². The maximum absolute atomic E-state index is 7.50. The van der Waals surface area contributed by atoms with Crippen molar-refractivity contribution in [2.45, 2.75) is 0 Å². The zero-order valence-corrected chi connectivity index (χ0v) is 20.9. The van der Waals surface area contributed by atoms with Gasteiger partial charge in [0.15, 0.2) is 0 Å². The van der Waals surface area contributed by atoms with Crippen LogP contribution in [0.5, 0.6) is 0 Å². The number of hydrogen-bond donors (Lipinski definition) is 0. The summed E-state index contributed by atoms with van der Waals surface area (Å²) in [6.07, 6.45) is 0. The van der Waals surface area contributed by atoms with Crippen molar-refractivity contribution in [2.75, 3.05) is 26.7 Å². The quantitative estimate of drug-likeness (QED) is 0.183. The Bertz CT molecular complexity index is 259. The molecule has 0 aromatic rings. The molecule has 0 aromatic carbocycles. The molecular formula is C14H14Mo2O10P2+2.